The van der Waals surface area contributed by atoms with E-state index in [2.05, 4.69) is 10.3 Å². The Hall–Kier alpha value is -2.90. The van der Waals surface area contributed by atoms with Gasteiger partial charge in [-0.2, -0.15) is 0 Å². The van der Waals surface area contributed by atoms with E-state index in [9.17, 15) is 9.59 Å². The second kappa shape index (κ2) is 8.63. The molecule has 0 radical (unpaired) electrons. The summed E-state index contributed by atoms with van der Waals surface area (Å²) in [4.78, 5) is 30.2. The lowest BCUT2D eigenvalue weighted by atomic mass is 10.2. The van der Waals surface area contributed by atoms with Crippen molar-refractivity contribution in [2.75, 3.05) is 23.4 Å². The molecule has 148 valence electrons. The summed E-state index contributed by atoms with van der Waals surface area (Å²) in [6, 6.07) is 14.8. The number of carbonyl (C=O) groups is 2. The molecule has 4 rings (SSSR count). The molecule has 2 heterocycles. The van der Waals surface area contributed by atoms with Crippen molar-refractivity contribution < 1.29 is 14.3 Å². The highest BCUT2D eigenvalue weighted by molar-refractivity contribution is 7.09. The number of rotatable bonds is 6. The van der Waals surface area contributed by atoms with Gasteiger partial charge in [0.05, 0.1) is 23.7 Å². The Balaban J connectivity index is 1.37. The zero-order valence-electron chi connectivity index (χ0n) is 15.4. The number of benzene rings is 2. The maximum absolute atomic E-state index is 12.4. The topological polar surface area (TPSA) is 71.5 Å². The minimum Gasteiger partial charge on any atom is -0.447 e. The number of aromatic nitrogens is 1. The number of nitrogens with zero attached hydrogens (tertiary/aromatic N) is 2. The van der Waals surface area contributed by atoms with E-state index >= 15 is 0 Å². The summed E-state index contributed by atoms with van der Waals surface area (Å²) in [5.74, 6) is -0.161. The Morgan fingerprint density at radius 3 is 2.90 bits per heavy atom. The van der Waals surface area contributed by atoms with Crippen molar-refractivity contribution in [1.29, 1.82) is 0 Å². The van der Waals surface area contributed by atoms with Gasteiger partial charge >= 0.3 is 6.09 Å². The summed E-state index contributed by atoms with van der Waals surface area (Å²) in [7, 11) is 0. The molecule has 1 N–H and O–H groups in total. The number of anilines is 2. The maximum atomic E-state index is 12.4. The van der Waals surface area contributed by atoms with Crippen LogP contribution in [0.5, 0.6) is 0 Å². The van der Waals surface area contributed by atoms with Gasteiger partial charge in [0, 0.05) is 28.2 Å². The molecular formula is C21H18ClN3O3S. The normalized spacial score (nSPS) is 13.4. The molecule has 1 aliphatic heterocycles. The molecule has 29 heavy (non-hydrogen) atoms. The smallest absolute Gasteiger partial charge is 0.414 e. The van der Waals surface area contributed by atoms with Gasteiger partial charge in [0.25, 0.3) is 0 Å². The van der Waals surface area contributed by atoms with Gasteiger partial charge in [0.15, 0.2) is 0 Å². The molecule has 3 aromatic rings. The van der Waals surface area contributed by atoms with Gasteiger partial charge in [-0.25, -0.2) is 9.78 Å². The number of nitrogens with one attached hydrogen (secondary N) is 1. The highest BCUT2D eigenvalue weighted by Crippen LogP contribution is 2.23. The zero-order valence-corrected chi connectivity index (χ0v) is 17.0. The number of halogens is 1. The van der Waals surface area contributed by atoms with Crippen molar-refractivity contribution in [3.63, 3.8) is 0 Å². The third-order valence-electron chi connectivity index (χ3n) is 4.39. The monoisotopic (exact) mass is 427 g/mol. The molecule has 2 aromatic carbocycles. The van der Waals surface area contributed by atoms with Gasteiger partial charge in [-0.3, -0.25) is 9.69 Å². The van der Waals surface area contributed by atoms with Crippen molar-refractivity contribution in [3.05, 3.63) is 75.2 Å². The van der Waals surface area contributed by atoms with E-state index in [4.69, 9.17) is 16.3 Å². The van der Waals surface area contributed by atoms with Gasteiger partial charge in [-0.05, 0) is 35.9 Å². The minimum absolute atomic E-state index is 0.161. The van der Waals surface area contributed by atoms with Crippen LogP contribution in [0.3, 0.4) is 0 Å². The predicted octanol–water partition coefficient (Wildman–Crippen LogP) is 4.53. The quantitative estimate of drug-likeness (QED) is 0.627. The van der Waals surface area contributed by atoms with Crippen LogP contribution in [0.25, 0.3) is 0 Å². The second-order valence-electron chi connectivity index (χ2n) is 6.58. The molecule has 0 aliphatic carbocycles. The molecule has 1 fully saturated rings. The number of hydrogen-bond acceptors (Lipinski definition) is 5. The Kier molecular flexibility index (Phi) is 5.78. The van der Waals surface area contributed by atoms with Crippen LogP contribution < -0.4 is 10.2 Å². The molecule has 6 nitrogen and oxygen atoms in total. The summed E-state index contributed by atoms with van der Waals surface area (Å²) < 4.78 is 4.96. The maximum Gasteiger partial charge on any atom is 0.414 e. The Bertz CT molecular complexity index is 1050. The Morgan fingerprint density at radius 1 is 1.24 bits per heavy atom. The average molecular weight is 428 g/mol. The fourth-order valence-corrected chi connectivity index (χ4v) is 4.12. The first-order valence-electron chi connectivity index (χ1n) is 9.09. The van der Waals surface area contributed by atoms with Gasteiger partial charge < -0.3 is 10.1 Å². The number of ether oxygens (including phenoxy) is 1. The van der Waals surface area contributed by atoms with E-state index in [0.29, 0.717) is 36.0 Å². The van der Waals surface area contributed by atoms with Crippen LogP contribution in [0.1, 0.15) is 16.3 Å². The average Bonchev–Trinajstić information content (AvgIpc) is 3.30. The first-order valence-corrected chi connectivity index (χ1v) is 10.3. The molecule has 0 atom stereocenters. The summed E-state index contributed by atoms with van der Waals surface area (Å²) in [5, 5.41) is 6.40. The third kappa shape index (κ3) is 4.93. The molecule has 2 amide bonds. The molecule has 0 bridgehead atoms. The van der Waals surface area contributed by atoms with Crippen LogP contribution >= 0.6 is 22.9 Å². The fourth-order valence-electron chi connectivity index (χ4n) is 3.08. The molecule has 1 saturated heterocycles. The van der Waals surface area contributed by atoms with Gasteiger partial charge in [-0.1, -0.05) is 29.8 Å². The van der Waals surface area contributed by atoms with E-state index in [1.807, 2.05) is 35.7 Å². The fraction of sp³-hybridized carbons (Fsp3) is 0.190. The first-order chi connectivity index (χ1) is 14.1. The molecule has 0 spiro atoms. The standard InChI is InChI=1S/C21H18ClN3O3S/c22-15-4-1-3-14(9-15)10-20-24-17(13-29-20)12-19(26)23-16-5-2-6-18(11-16)25-7-8-28-21(25)27/h1-6,9,11,13H,7-8,10,12H2,(H,23,26). The van der Waals surface area contributed by atoms with E-state index in [1.165, 1.54) is 16.2 Å². The summed E-state index contributed by atoms with van der Waals surface area (Å²) in [6.45, 7) is 0.876. The number of cyclic esters (lactones) is 1. The van der Waals surface area contributed by atoms with Crippen LogP contribution in [0.15, 0.2) is 53.9 Å². The minimum atomic E-state index is -0.372. The van der Waals surface area contributed by atoms with E-state index in [-0.39, 0.29) is 18.4 Å². The second-order valence-corrected chi connectivity index (χ2v) is 7.96. The van der Waals surface area contributed by atoms with Crippen molar-refractivity contribution >= 4 is 46.3 Å². The van der Waals surface area contributed by atoms with Gasteiger partial charge in [0.2, 0.25) is 5.91 Å². The highest BCUT2D eigenvalue weighted by Gasteiger charge is 2.23. The van der Waals surface area contributed by atoms with Crippen molar-refractivity contribution in [3.8, 4) is 0 Å². The number of amides is 2. The summed E-state index contributed by atoms with van der Waals surface area (Å²) >= 11 is 7.55. The number of hydrogen-bond donors (Lipinski definition) is 1. The lowest BCUT2D eigenvalue weighted by Crippen LogP contribution is -2.23. The van der Waals surface area contributed by atoms with Crippen molar-refractivity contribution in [1.82, 2.24) is 4.98 Å². The number of thiazole rings is 1. The van der Waals surface area contributed by atoms with Crippen LogP contribution in [0.4, 0.5) is 16.2 Å². The van der Waals surface area contributed by atoms with Crippen molar-refractivity contribution in [2.45, 2.75) is 12.8 Å². The number of carbonyl (C=O) groups excluding carboxylic acids is 2. The first kappa shape index (κ1) is 19.4. The molecule has 8 heteroatoms. The Morgan fingerprint density at radius 2 is 2.10 bits per heavy atom. The summed E-state index contributed by atoms with van der Waals surface area (Å²) in [6.07, 6.45) is 0.492. The van der Waals surface area contributed by atoms with E-state index < -0.39 is 0 Å². The molecule has 1 aromatic heterocycles. The van der Waals surface area contributed by atoms with Crippen LogP contribution in [-0.4, -0.2) is 30.1 Å². The lowest BCUT2D eigenvalue weighted by molar-refractivity contribution is -0.115. The molecule has 0 saturated carbocycles. The Labute approximate surface area is 177 Å². The van der Waals surface area contributed by atoms with Crippen LogP contribution in [0, 0.1) is 0 Å². The summed E-state index contributed by atoms with van der Waals surface area (Å²) in [5.41, 5.74) is 3.13. The van der Waals surface area contributed by atoms with E-state index in [0.717, 1.165) is 16.3 Å². The van der Waals surface area contributed by atoms with Crippen LogP contribution in [0.2, 0.25) is 5.02 Å². The largest absolute Gasteiger partial charge is 0.447 e. The molecule has 1 aliphatic rings. The zero-order chi connectivity index (χ0) is 20.2. The molecule has 0 unspecified atom stereocenters. The SMILES string of the molecule is O=C(Cc1csc(Cc2cccc(Cl)c2)n1)Nc1cccc(N2CCOC2=O)c1. The predicted molar refractivity (Wildman–Crippen MR) is 114 cm³/mol. The van der Waals surface area contributed by atoms with E-state index in [1.54, 1.807) is 18.2 Å². The highest BCUT2D eigenvalue weighted by atomic mass is 35.5. The van der Waals surface area contributed by atoms with Crippen LogP contribution in [-0.2, 0) is 22.4 Å². The van der Waals surface area contributed by atoms with Crippen molar-refractivity contribution in [2.24, 2.45) is 0 Å². The van der Waals surface area contributed by atoms with Gasteiger partial charge in [0.1, 0.15) is 6.61 Å². The lowest BCUT2D eigenvalue weighted by Gasteiger charge is -2.14. The third-order valence-corrected chi connectivity index (χ3v) is 5.52. The van der Waals surface area contributed by atoms with Gasteiger partial charge in [-0.15, -0.1) is 11.3 Å². The molecular weight excluding hydrogens is 410 g/mol.